The fraction of sp³-hybridized carbons (Fsp3) is 0.600. The highest BCUT2D eigenvalue weighted by atomic mass is 19.1. The van der Waals surface area contributed by atoms with Crippen LogP contribution in [0.5, 0.6) is 5.75 Å². The van der Waals surface area contributed by atoms with Gasteiger partial charge in [0, 0.05) is 6.04 Å². The highest BCUT2D eigenvalue weighted by Crippen LogP contribution is 2.32. The average molecular weight is 266 g/mol. The van der Waals surface area contributed by atoms with Crippen LogP contribution in [0.15, 0.2) is 18.2 Å². The number of ether oxygens (including phenoxy) is 1. The quantitative estimate of drug-likeness (QED) is 0.635. The molecule has 106 valence electrons. The summed E-state index contributed by atoms with van der Waals surface area (Å²) in [5.41, 5.74) is 3.85. The predicted molar refractivity (Wildman–Crippen MR) is 74.2 cm³/mol. The molecule has 1 atom stereocenters. The van der Waals surface area contributed by atoms with E-state index in [-0.39, 0.29) is 17.6 Å². The summed E-state index contributed by atoms with van der Waals surface area (Å²) < 4.78 is 18.4. The van der Waals surface area contributed by atoms with Gasteiger partial charge in [0.1, 0.15) is 0 Å². The van der Waals surface area contributed by atoms with E-state index in [1.165, 1.54) is 45.3 Å². The van der Waals surface area contributed by atoms with E-state index in [1.54, 1.807) is 12.1 Å². The van der Waals surface area contributed by atoms with Crippen molar-refractivity contribution in [2.24, 2.45) is 11.8 Å². The van der Waals surface area contributed by atoms with Gasteiger partial charge in [0.25, 0.3) is 0 Å². The molecule has 1 aliphatic rings. The normalized spacial score (nSPS) is 18.3. The summed E-state index contributed by atoms with van der Waals surface area (Å²) in [6, 6.07) is 5.03. The number of nitrogens with two attached hydrogens (primary N) is 1. The van der Waals surface area contributed by atoms with Gasteiger partial charge in [-0.25, -0.2) is 4.39 Å². The minimum Gasteiger partial charge on any atom is -0.494 e. The zero-order valence-corrected chi connectivity index (χ0v) is 11.5. The highest BCUT2D eigenvalue weighted by molar-refractivity contribution is 5.32. The second-order valence-corrected chi connectivity index (χ2v) is 5.35. The summed E-state index contributed by atoms with van der Waals surface area (Å²) in [6.07, 6.45) is 7.53. The van der Waals surface area contributed by atoms with Crippen molar-refractivity contribution in [3.8, 4) is 5.75 Å². The van der Waals surface area contributed by atoms with Crippen molar-refractivity contribution < 1.29 is 9.13 Å². The minimum atomic E-state index is -0.334. The lowest BCUT2D eigenvalue weighted by Gasteiger charge is -2.26. The zero-order valence-electron chi connectivity index (χ0n) is 11.5. The third-order valence-electron chi connectivity index (χ3n) is 4.07. The van der Waals surface area contributed by atoms with Gasteiger partial charge in [-0.1, -0.05) is 38.2 Å². The molecule has 0 heterocycles. The summed E-state index contributed by atoms with van der Waals surface area (Å²) in [5.74, 6) is 6.33. The van der Waals surface area contributed by atoms with Gasteiger partial charge in [0.15, 0.2) is 11.6 Å². The van der Waals surface area contributed by atoms with E-state index < -0.39 is 0 Å². The fourth-order valence-corrected chi connectivity index (χ4v) is 2.95. The average Bonchev–Trinajstić information content (AvgIpc) is 2.46. The summed E-state index contributed by atoms with van der Waals surface area (Å²) in [7, 11) is 1.48. The van der Waals surface area contributed by atoms with Crippen molar-refractivity contribution in [3.05, 3.63) is 29.6 Å². The Labute approximate surface area is 114 Å². The Balaban J connectivity index is 2.07. The molecule has 0 spiro atoms. The van der Waals surface area contributed by atoms with E-state index in [0.29, 0.717) is 5.92 Å². The Morgan fingerprint density at radius 1 is 1.37 bits per heavy atom. The molecule has 1 aliphatic carbocycles. The molecule has 3 N–H and O–H groups in total. The first kappa shape index (κ1) is 14.3. The second kappa shape index (κ2) is 6.87. The van der Waals surface area contributed by atoms with E-state index in [1.807, 2.05) is 0 Å². The number of benzene rings is 1. The van der Waals surface area contributed by atoms with Crippen LogP contribution < -0.4 is 16.0 Å². The first-order valence-corrected chi connectivity index (χ1v) is 7.04. The van der Waals surface area contributed by atoms with Gasteiger partial charge in [-0.05, 0) is 30.0 Å². The molecule has 0 amide bonds. The van der Waals surface area contributed by atoms with Crippen molar-refractivity contribution in [3.63, 3.8) is 0 Å². The standard InChI is InChI=1S/C15H23FN2O/c1-19-15-10-12(7-8-13(15)16)14(18-17)9-11-5-3-2-4-6-11/h7-8,10-11,14,18H,2-6,9,17H2,1H3. The Morgan fingerprint density at radius 3 is 2.74 bits per heavy atom. The van der Waals surface area contributed by atoms with Crippen LogP contribution in [0.4, 0.5) is 4.39 Å². The summed E-state index contributed by atoms with van der Waals surface area (Å²) >= 11 is 0. The molecule has 0 aliphatic heterocycles. The van der Waals surface area contributed by atoms with Crippen LogP contribution in [0.2, 0.25) is 0 Å². The van der Waals surface area contributed by atoms with Gasteiger partial charge in [-0.3, -0.25) is 11.3 Å². The van der Waals surface area contributed by atoms with Crippen molar-refractivity contribution in [2.45, 2.75) is 44.6 Å². The molecule has 2 rings (SSSR count). The maximum atomic E-state index is 13.4. The molecular weight excluding hydrogens is 243 g/mol. The van der Waals surface area contributed by atoms with Gasteiger partial charge >= 0.3 is 0 Å². The number of hydrazine groups is 1. The molecule has 1 fully saturated rings. The van der Waals surface area contributed by atoms with Crippen molar-refractivity contribution in [1.82, 2.24) is 5.43 Å². The van der Waals surface area contributed by atoms with E-state index >= 15 is 0 Å². The summed E-state index contributed by atoms with van der Waals surface area (Å²) in [6.45, 7) is 0. The number of nitrogens with one attached hydrogen (secondary N) is 1. The van der Waals surface area contributed by atoms with Crippen LogP contribution in [0.1, 0.15) is 50.1 Å². The molecule has 0 saturated heterocycles. The fourth-order valence-electron chi connectivity index (χ4n) is 2.95. The van der Waals surface area contributed by atoms with E-state index in [4.69, 9.17) is 10.6 Å². The molecule has 0 aromatic heterocycles. The number of halogens is 1. The second-order valence-electron chi connectivity index (χ2n) is 5.35. The van der Waals surface area contributed by atoms with Crippen LogP contribution in [-0.2, 0) is 0 Å². The van der Waals surface area contributed by atoms with Crippen LogP contribution in [0, 0.1) is 11.7 Å². The third-order valence-corrected chi connectivity index (χ3v) is 4.07. The van der Waals surface area contributed by atoms with Crippen LogP contribution in [0.25, 0.3) is 0 Å². The number of rotatable bonds is 5. The van der Waals surface area contributed by atoms with Gasteiger partial charge in [-0.15, -0.1) is 0 Å². The lowest BCUT2D eigenvalue weighted by molar-refractivity contribution is 0.300. The molecule has 1 unspecified atom stereocenters. The molecule has 1 saturated carbocycles. The van der Waals surface area contributed by atoms with Crippen molar-refractivity contribution in [1.29, 1.82) is 0 Å². The van der Waals surface area contributed by atoms with Gasteiger partial charge < -0.3 is 4.74 Å². The monoisotopic (exact) mass is 266 g/mol. The smallest absolute Gasteiger partial charge is 0.165 e. The first-order valence-electron chi connectivity index (χ1n) is 7.04. The highest BCUT2D eigenvalue weighted by Gasteiger charge is 2.20. The molecule has 19 heavy (non-hydrogen) atoms. The topological polar surface area (TPSA) is 47.3 Å². The zero-order chi connectivity index (χ0) is 13.7. The Kier molecular flexibility index (Phi) is 5.16. The number of hydrogen-bond acceptors (Lipinski definition) is 3. The Hall–Kier alpha value is -1.13. The van der Waals surface area contributed by atoms with Crippen molar-refractivity contribution >= 4 is 0 Å². The maximum Gasteiger partial charge on any atom is 0.165 e. The number of methoxy groups -OCH3 is 1. The maximum absolute atomic E-state index is 13.4. The molecular formula is C15H23FN2O. The van der Waals surface area contributed by atoms with Gasteiger partial charge in [0.2, 0.25) is 0 Å². The van der Waals surface area contributed by atoms with Gasteiger partial charge in [0.05, 0.1) is 7.11 Å². The third kappa shape index (κ3) is 3.67. The summed E-state index contributed by atoms with van der Waals surface area (Å²) in [4.78, 5) is 0. The van der Waals surface area contributed by atoms with Crippen LogP contribution >= 0.6 is 0 Å². The Bertz CT molecular complexity index is 405. The lowest BCUT2D eigenvalue weighted by atomic mass is 9.83. The predicted octanol–water partition coefficient (Wildman–Crippen LogP) is 3.31. The van der Waals surface area contributed by atoms with E-state index in [9.17, 15) is 4.39 Å². The Morgan fingerprint density at radius 2 is 2.11 bits per heavy atom. The van der Waals surface area contributed by atoms with Crippen LogP contribution in [0.3, 0.4) is 0 Å². The largest absolute Gasteiger partial charge is 0.494 e. The van der Waals surface area contributed by atoms with E-state index in [0.717, 1.165) is 12.0 Å². The molecule has 3 nitrogen and oxygen atoms in total. The van der Waals surface area contributed by atoms with Gasteiger partial charge in [-0.2, -0.15) is 0 Å². The van der Waals surface area contributed by atoms with Crippen molar-refractivity contribution in [2.75, 3.05) is 7.11 Å². The number of hydrogen-bond donors (Lipinski definition) is 2. The van der Waals surface area contributed by atoms with E-state index in [2.05, 4.69) is 5.43 Å². The molecule has 0 radical (unpaired) electrons. The first-order chi connectivity index (χ1) is 9.24. The molecule has 0 bridgehead atoms. The summed E-state index contributed by atoms with van der Waals surface area (Å²) in [5, 5.41) is 0. The molecule has 4 heteroatoms. The molecule has 1 aromatic rings. The SMILES string of the molecule is COc1cc(C(CC2CCCCC2)NN)ccc1F. The van der Waals surface area contributed by atoms with Crippen LogP contribution in [-0.4, -0.2) is 7.11 Å². The lowest BCUT2D eigenvalue weighted by Crippen LogP contribution is -2.30. The molecule has 1 aromatic carbocycles. The minimum absolute atomic E-state index is 0.0672.